The van der Waals surface area contributed by atoms with Gasteiger partial charge in [-0.15, -0.1) is 0 Å². The fourth-order valence-electron chi connectivity index (χ4n) is 3.33. The molecule has 0 bridgehead atoms. The highest BCUT2D eigenvalue weighted by Gasteiger charge is 2.45. The summed E-state index contributed by atoms with van der Waals surface area (Å²) in [7, 11) is 3.79. The SMILES string of the molecule is C=CCOc1ccc(C(O)=C2C(=O)C(=O)N(CCN(C)C)[C@H]2c2ccncc2)cc1. The van der Waals surface area contributed by atoms with Gasteiger partial charge in [0.2, 0.25) is 0 Å². The Morgan fingerprint density at radius 2 is 1.87 bits per heavy atom. The lowest BCUT2D eigenvalue weighted by molar-refractivity contribution is -0.140. The first-order chi connectivity index (χ1) is 14.4. The number of carbonyl (C=O) groups excluding carboxylic acids is 2. The Morgan fingerprint density at radius 3 is 2.47 bits per heavy atom. The Morgan fingerprint density at radius 1 is 1.20 bits per heavy atom. The second-order valence-corrected chi connectivity index (χ2v) is 7.20. The molecular weight excluding hydrogens is 382 g/mol. The third-order valence-electron chi connectivity index (χ3n) is 4.85. The molecule has 2 heterocycles. The first kappa shape index (κ1) is 21.3. The summed E-state index contributed by atoms with van der Waals surface area (Å²) in [5.74, 6) is -0.910. The number of likely N-dealkylation sites (tertiary alicyclic amines) is 1. The maximum Gasteiger partial charge on any atom is 0.295 e. The second-order valence-electron chi connectivity index (χ2n) is 7.20. The number of hydrogen-bond donors (Lipinski definition) is 1. The van der Waals surface area contributed by atoms with Crippen molar-refractivity contribution in [2.75, 3.05) is 33.8 Å². The lowest BCUT2D eigenvalue weighted by Crippen LogP contribution is -2.35. The van der Waals surface area contributed by atoms with Crippen LogP contribution in [0.15, 0.2) is 67.0 Å². The number of Topliss-reactive ketones (excluding diaryl/α,β-unsaturated/α-hetero) is 1. The molecule has 156 valence electrons. The molecule has 1 aliphatic heterocycles. The molecule has 1 fully saturated rings. The minimum atomic E-state index is -0.694. The van der Waals surface area contributed by atoms with Crippen LogP contribution >= 0.6 is 0 Å². The molecule has 3 rings (SSSR count). The quantitative estimate of drug-likeness (QED) is 0.314. The summed E-state index contributed by atoms with van der Waals surface area (Å²) < 4.78 is 5.46. The molecule has 0 saturated carbocycles. The fraction of sp³-hybridized carbons (Fsp3) is 0.261. The number of ether oxygens (including phenoxy) is 1. The lowest BCUT2D eigenvalue weighted by atomic mass is 9.96. The van der Waals surface area contributed by atoms with E-state index in [9.17, 15) is 14.7 Å². The van der Waals surface area contributed by atoms with Crippen LogP contribution in [0.1, 0.15) is 17.2 Å². The van der Waals surface area contributed by atoms with Crippen LogP contribution in [0.5, 0.6) is 5.75 Å². The Labute approximate surface area is 175 Å². The molecule has 1 aliphatic rings. The van der Waals surface area contributed by atoms with Crippen molar-refractivity contribution in [2.45, 2.75) is 6.04 Å². The van der Waals surface area contributed by atoms with Crippen LogP contribution in [0.4, 0.5) is 0 Å². The summed E-state index contributed by atoms with van der Waals surface area (Å²) in [6.45, 7) is 4.91. The number of pyridine rings is 1. The van der Waals surface area contributed by atoms with Gasteiger partial charge in [-0.3, -0.25) is 14.6 Å². The van der Waals surface area contributed by atoms with Crippen LogP contribution in [-0.2, 0) is 9.59 Å². The summed E-state index contributed by atoms with van der Waals surface area (Å²) in [6, 6.07) is 9.53. The number of ketones is 1. The van der Waals surface area contributed by atoms with E-state index in [1.165, 1.54) is 4.90 Å². The number of rotatable bonds is 8. The Bertz CT molecular complexity index is 952. The standard InChI is InChI=1S/C23H25N3O4/c1-4-15-30-18-7-5-17(6-8-18)21(27)19-20(16-9-11-24-12-10-16)26(14-13-25(2)3)23(29)22(19)28/h4-12,20,27H,1,13-15H2,2-3H3/t20-/m0/s1. The molecule has 0 spiro atoms. The third-order valence-corrected chi connectivity index (χ3v) is 4.85. The van der Waals surface area contributed by atoms with Gasteiger partial charge in [0.1, 0.15) is 18.1 Å². The summed E-state index contributed by atoms with van der Waals surface area (Å²) in [6.07, 6.45) is 4.85. The summed E-state index contributed by atoms with van der Waals surface area (Å²) in [5, 5.41) is 11.0. The van der Waals surface area contributed by atoms with Gasteiger partial charge in [0, 0.05) is 31.0 Å². The van der Waals surface area contributed by atoms with Gasteiger partial charge in [-0.05, 0) is 56.1 Å². The number of benzene rings is 1. The Balaban J connectivity index is 2.03. The van der Waals surface area contributed by atoms with Gasteiger partial charge < -0.3 is 19.6 Å². The van der Waals surface area contributed by atoms with Crippen molar-refractivity contribution in [1.29, 1.82) is 0 Å². The number of likely N-dealkylation sites (N-methyl/N-ethyl adjacent to an activating group) is 1. The van der Waals surface area contributed by atoms with Gasteiger partial charge in [-0.2, -0.15) is 0 Å². The molecule has 0 unspecified atom stereocenters. The number of hydrogen-bond acceptors (Lipinski definition) is 6. The molecule has 0 radical (unpaired) electrons. The normalized spacial score (nSPS) is 18.1. The van der Waals surface area contributed by atoms with Crippen LogP contribution < -0.4 is 4.74 Å². The molecule has 1 amide bonds. The zero-order chi connectivity index (χ0) is 21.7. The van der Waals surface area contributed by atoms with Gasteiger partial charge in [0.05, 0.1) is 11.6 Å². The predicted octanol–water partition coefficient (Wildman–Crippen LogP) is 2.63. The van der Waals surface area contributed by atoms with Crippen LogP contribution in [0.3, 0.4) is 0 Å². The maximum atomic E-state index is 12.9. The van der Waals surface area contributed by atoms with E-state index in [-0.39, 0.29) is 11.3 Å². The number of carbonyl (C=O) groups is 2. The Kier molecular flexibility index (Phi) is 6.64. The molecule has 30 heavy (non-hydrogen) atoms. The Hall–Kier alpha value is -3.45. The summed E-state index contributed by atoms with van der Waals surface area (Å²) in [4.78, 5) is 33.1. The highest BCUT2D eigenvalue weighted by atomic mass is 16.5. The van der Waals surface area contributed by atoms with Crippen LogP contribution in [0.2, 0.25) is 0 Å². The van der Waals surface area contributed by atoms with E-state index in [1.807, 2.05) is 19.0 Å². The van der Waals surface area contributed by atoms with Crippen molar-refractivity contribution < 1.29 is 19.4 Å². The minimum absolute atomic E-state index is 0.0738. The zero-order valence-corrected chi connectivity index (χ0v) is 17.1. The van der Waals surface area contributed by atoms with Gasteiger partial charge in [0.15, 0.2) is 0 Å². The van der Waals surface area contributed by atoms with Crippen molar-refractivity contribution in [1.82, 2.24) is 14.8 Å². The van der Waals surface area contributed by atoms with Crippen molar-refractivity contribution in [3.8, 4) is 5.75 Å². The summed E-state index contributed by atoms with van der Waals surface area (Å²) >= 11 is 0. The van der Waals surface area contributed by atoms with Gasteiger partial charge in [-0.1, -0.05) is 12.7 Å². The van der Waals surface area contributed by atoms with E-state index in [0.717, 1.165) is 5.56 Å². The van der Waals surface area contributed by atoms with Gasteiger partial charge >= 0.3 is 0 Å². The van der Waals surface area contributed by atoms with Crippen molar-refractivity contribution >= 4 is 17.4 Å². The average molecular weight is 407 g/mol. The minimum Gasteiger partial charge on any atom is -0.507 e. The van der Waals surface area contributed by atoms with Crippen LogP contribution in [0.25, 0.3) is 5.76 Å². The van der Waals surface area contributed by atoms with E-state index in [0.29, 0.717) is 31.0 Å². The fourth-order valence-corrected chi connectivity index (χ4v) is 3.33. The van der Waals surface area contributed by atoms with E-state index in [2.05, 4.69) is 11.6 Å². The molecule has 0 aliphatic carbocycles. The largest absolute Gasteiger partial charge is 0.507 e. The van der Waals surface area contributed by atoms with Crippen molar-refractivity contribution in [3.63, 3.8) is 0 Å². The lowest BCUT2D eigenvalue weighted by Gasteiger charge is -2.26. The molecule has 1 atom stereocenters. The smallest absolute Gasteiger partial charge is 0.295 e. The molecule has 1 N–H and O–H groups in total. The number of aliphatic hydroxyl groups is 1. The molecule has 1 aromatic heterocycles. The molecule has 2 aromatic rings. The van der Waals surface area contributed by atoms with E-state index < -0.39 is 17.7 Å². The zero-order valence-electron chi connectivity index (χ0n) is 17.1. The van der Waals surface area contributed by atoms with Crippen LogP contribution in [0, 0.1) is 0 Å². The van der Waals surface area contributed by atoms with Crippen molar-refractivity contribution in [3.05, 3.63) is 78.1 Å². The number of nitrogens with zero attached hydrogens (tertiary/aromatic N) is 3. The molecule has 1 saturated heterocycles. The highest BCUT2D eigenvalue weighted by Crippen LogP contribution is 2.39. The number of aliphatic hydroxyl groups excluding tert-OH is 1. The van der Waals surface area contributed by atoms with Gasteiger partial charge in [-0.25, -0.2) is 0 Å². The van der Waals surface area contributed by atoms with E-state index >= 15 is 0 Å². The monoisotopic (exact) mass is 407 g/mol. The van der Waals surface area contributed by atoms with Gasteiger partial charge in [0.25, 0.3) is 11.7 Å². The van der Waals surface area contributed by atoms with E-state index in [1.54, 1.807) is 54.9 Å². The molecule has 1 aromatic carbocycles. The van der Waals surface area contributed by atoms with Crippen LogP contribution in [-0.4, -0.2) is 65.4 Å². The highest BCUT2D eigenvalue weighted by molar-refractivity contribution is 6.46. The van der Waals surface area contributed by atoms with E-state index in [4.69, 9.17) is 4.74 Å². The number of aromatic nitrogens is 1. The second kappa shape index (κ2) is 9.37. The number of amides is 1. The third kappa shape index (κ3) is 4.41. The molecule has 7 heteroatoms. The maximum absolute atomic E-state index is 12.9. The molecular formula is C23H25N3O4. The predicted molar refractivity (Wildman–Crippen MR) is 114 cm³/mol. The van der Waals surface area contributed by atoms with Crippen molar-refractivity contribution in [2.24, 2.45) is 0 Å². The first-order valence-corrected chi connectivity index (χ1v) is 9.61. The first-order valence-electron chi connectivity index (χ1n) is 9.61. The summed E-state index contributed by atoms with van der Waals surface area (Å²) in [5.41, 5.74) is 1.23. The topological polar surface area (TPSA) is 83.0 Å². The molecule has 7 nitrogen and oxygen atoms in total. The average Bonchev–Trinajstić information content (AvgIpc) is 3.01.